The lowest BCUT2D eigenvalue weighted by atomic mass is 10.1. The lowest BCUT2D eigenvalue weighted by Gasteiger charge is -2.18. The van der Waals surface area contributed by atoms with Crippen molar-refractivity contribution in [2.24, 2.45) is 12.0 Å². The fourth-order valence-electron chi connectivity index (χ4n) is 3.33. The molecule has 1 atom stereocenters. The predicted molar refractivity (Wildman–Crippen MR) is 116 cm³/mol. The normalized spacial score (nSPS) is 12.7. The molecule has 0 saturated heterocycles. The smallest absolute Gasteiger partial charge is 0.191 e. The number of rotatable bonds is 9. The second-order valence-electron chi connectivity index (χ2n) is 7.24. The van der Waals surface area contributed by atoms with Gasteiger partial charge in [0, 0.05) is 31.9 Å². The zero-order valence-electron chi connectivity index (χ0n) is 18.2. The Morgan fingerprint density at radius 1 is 1.32 bits per heavy atom. The molecule has 0 saturated carbocycles. The van der Waals surface area contributed by atoms with Crippen LogP contribution in [-0.2, 0) is 19.9 Å². The number of hydrogen-bond acceptors (Lipinski definition) is 3. The van der Waals surface area contributed by atoms with Crippen molar-refractivity contribution in [3.05, 3.63) is 46.8 Å². The number of ether oxygens (including phenoxy) is 1. The van der Waals surface area contributed by atoms with Crippen LogP contribution >= 0.6 is 0 Å². The molecule has 1 unspecified atom stereocenters. The van der Waals surface area contributed by atoms with Crippen LogP contribution in [0.2, 0.25) is 0 Å². The van der Waals surface area contributed by atoms with Crippen molar-refractivity contribution in [3.8, 4) is 5.75 Å². The van der Waals surface area contributed by atoms with Crippen molar-refractivity contribution in [3.63, 3.8) is 0 Å². The number of nitrogens with one attached hydrogen (secondary N) is 2. The first-order chi connectivity index (χ1) is 13.4. The van der Waals surface area contributed by atoms with Crippen LogP contribution in [0.5, 0.6) is 5.75 Å². The summed E-state index contributed by atoms with van der Waals surface area (Å²) in [4.78, 5) is 4.75. The summed E-state index contributed by atoms with van der Waals surface area (Å²) in [5.41, 5.74) is 4.93. The zero-order chi connectivity index (χ0) is 20.5. The maximum atomic E-state index is 5.29. The summed E-state index contributed by atoms with van der Waals surface area (Å²) in [5, 5.41) is 11.4. The Morgan fingerprint density at radius 3 is 2.75 bits per heavy atom. The highest BCUT2D eigenvalue weighted by Gasteiger charge is 2.13. The second kappa shape index (κ2) is 10.7. The molecule has 0 aliphatic rings. The number of aromatic nitrogens is 2. The van der Waals surface area contributed by atoms with Gasteiger partial charge in [-0.2, -0.15) is 5.10 Å². The van der Waals surface area contributed by atoms with Gasteiger partial charge in [0.15, 0.2) is 5.96 Å². The summed E-state index contributed by atoms with van der Waals surface area (Å²) < 4.78 is 7.24. The standard InChI is InChI=1S/C22H35N5O/c1-7-23-22(24-13-9-11-19-10-8-12-20(15-19)28-6)25-16(2)14-21-17(3)26-27(5)18(21)4/h8,10,12,15-16H,7,9,11,13-14H2,1-6H3,(H2,23,24,25). The van der Waals surface area contributed by atoms with Gasteiger partial charge in [0.1, 0.15) is 5.75 Å². The van der Waals surface area contributed by atoms with Crippen LogP contribution in [0.1, 0.15) is 42.8 Å². The molecule has 6 nitrogen and oxygen atoms in total. The average molecular weight is 386 g/mol. The molecule has 1 heterocycles. The number of guanidine groups is 1. The van der Waals surface area contributed by atoms with Gasteiger partial charge >= 0.3 is 0 Å². The van der Waals surface area contributed by atoms with E-state index in [0.29, 0.717) is 0 Å². The zero-order valence-corrected chi connectivity index (χ0v) is 18.2. The van der Waals surface area contributed by atoms with Crippen LogP contribution in [0, 0.1) is 13.8 Å². The van der Waals surface area contributed by atoms with Gasteiger partial charge in [0.05, 0.1) is 12.8 Å². The predicted octanol–water partition coefficient (Wildman–Crippen LogP) is 3.16. The number of benzene rings is 1. The largest absolute Gasteiger partial charge is 0.497 e. The first-order valence-corrected chi connectivity index (χ1v) is 10.1. The highest BCUT2D eigenvalue weighted by Crippen LogP contribution is 2.15. The summed E-state index contributed by atoms with van der Waals surface area (Å²) in [7, 11) is 3.70. The third-order valence-corrected chi connectivity index (χ3v) is 4.92. The van der Waals surface area contributed by atoms with E-state index in [2.05, 4.69) is 55.6 Å². The molecule has 0 amide bonds. The van der Waals surface area contributed by atoms with Crippen molar-refractivity contribution in [1.29, 1.82) is 0 Å². The van der Waals surface area contributed by atoms with Gasteiger partial charge in [0.2, 0.25) is 0 Å². The van der Waals surface area contributed by atoms with Crippen LogP contribution in [0.4, 0.5) is 0 Å². The minimum Gasteiger partial charge on any atom is -0.497 e. The van der Waals surface area contributed by atoms with Crippen LogP contribution in [0.3, 0.4) is 0 Å². The third-order valence-electron chi connectivity index (χ3n) is 4.92. The molecule has 6 heteroatoms. The van der Waals surface area contributed by atoms with E-state index in [9.17, 15) is 0 Å². The highest BCUT2D eigenvalue weighted by molar-refractivity contribution is 5.80. The van der Waals surface area contributed by atoms with E-state index in [-0.39, 0.29) is 6.04 Å². The summed E-state index contributed by atoms with van der Waals surface area (Å²) >= 11 is 0. The number of hydrogen-bond donors (Lipinski definition) is 2. The molecule has 2 aromatic rings. The van der Waals surface area contributed by atoms with Crippen molar-refractivity contribution < 1.29 is 4.74 Å². The summed E-state index contributed by atoms with van der Waals surface area (Å²) in [6.45, 7) is 10.1. The lowest BCUT2D eigenvalue weighted by Crippen LogP contribution is -2.43. The second-order valence-corrected chi connectivity index (χ2v) is 7.24. The van der Waals surface area contributed by atoms with Crippen molar-refractivity contribution >= 4 is 5.96 Å². The molecule has 0 aliphatic heterocycles. The quantitative estimate of drug-likeness (QED) is 0.395. The van der Waals surface area contributed by atoms with Crippen LogP contribution < -0.4 is 15.4 Å². The number of methoxy groups -OCH3 is 1. The van der Waals surface area contributed by atoms with Crippen LogP contribution in [0.25, 0.3) is 0 Å². The van der Waals surface area contributed by atoms with Gasteiger partial charge in [0.25, 0.3) is 0 Å². The molecule has 0 radical (unpaired) electrons. The van der Waals surface area contributed by atoms with E-state index >= 15 is 0 Å². The average Bonchev–Trinajstić information content (AvgIpc) is 2.91. The van der Waals surface area contributed by atoms with Gasteiger partial charge < -0.3 is 15.4 Å². The molecule has 0 spiro atoms. The number of nitrogens with zero attached hydrogens (tertiary/aromatic N) is 3. The van der Waals surface area contributed by atoms with Gasteiger partial charge in [-0.25, -0.2) is 0 Å². The fourth-order valence-corrected chi connectivity index (χ4v) is 3.33. The van der Waals surface area contributed by atoms with Gasteiger partial charge in [-0.3, -0.25) is 9.67 Å². The minimum atomic E-state index is 0.276. The highest BCUT2D eigenvalue weighted by atomic mass is 16.5. The monoisotopic (exact) mass is 385 g/mol. The summed E-state index contributed by atoms with van der Waals surface area (Å²) in [6.07, 6.45) is 2.92. The first kappa shape index (κ1) is 21.8. The van der Waals surface area contributed by atoms with Gasteiger partial charge in [-0.05, 0) is 70.2 Å². The van der Waals surface area contributed by atoms with Gasteiger partial charge in [-0.15, -0.1) is 0 Å². The summed E-state index contributed by atoms with van der Waals surface area (Å²) in [6, 6.07) is 8.51. The Bertz CT molecular complexity index is 781. The van der Waals surface area contributed by atoms with Gasteiger partial charge in [-0.1, -0.05) is 12.1 Å². The fraction of sp³-hybridized carbons (Fsp3) is 0.545. The Kier molecular flexibility index (Phi) is 8.36. The third kappa shape index (κ3) is 6.29. The first-order valence-electron chi connectivity index (χ1n) is 10.1. The minimum absolute atomic E-state index is 0.276. The summed E-state index contributed by atoms with van der Waals surface area (Å²) in [5.74, 6) is 1.78. The maximum Gasteiger partial charge on any atom is 0.191 e. The maximum absolute atomic E-state index is 5.29. The molecule has 1 aromatic carbocycles. The Morgan fingerprint density at radius 2 is 2.11 bits per heavy atom. The van der Waals surface area contributed by atoms with E-state index in [0.717, 1.165) is 49.8 Å². The molecular formula is C22H35N5O. The van der Waals surface area contributed by atoms with E-state index in [1.54, 1.807) is 7.11 Å². The van der Waals surface area contributed by atoms with Crippen molar-refractivity contribution in [2.75, 3.05) is 20.2 Å². The number of aliphatic imine (C=N–C) groups is 1. The van der Waals surface area contributed by atoms with E-state index in [1.165, 1.54) is 16.8 Å². The topological polar surface area (TPSA) is 63.5 Å². The molecule has 28 heavy (non-hydrogen) atoms. The molecule has 0 aliphatic carbocycles. The molecule has 2 N–H and O–H groups in total. The molecule has 1 aromatic heterocycles. The lowest BCUT2D eigenvalue weighted by molar-refractivity contribution is 0.414. The van der Waals surface area contributed by atoms with E-state index in [4.69, 9.17) is 9.73 Å². The molecular weight excluding hydrogens is 350 g/mol. The Balaban J connectivity index is 1.88. The van der Waals surface area contributed by atoms with E-state index in [1.807, 2.05) is 23.9 Å². The van der Waals surface area contributed by atoms with Crippen molar-refractivity contribution in [2.45, 2.75) is 53.0 Å². The molecule has 0 bridgehead atoms. The molecule has 2 rings (SSSR count). The SMILES string of the molecule is CCNC(=NCCCc1cccc(OC)c1)NC(C)Cc1c(C)nn(C)c1C. The molecule has 154 valence electrons. The van der Waals surface area contributed by atoms with Crippen LogP contribution in [-0.4, -0.2) is 42.0 Å². The molecule has 0 fully saturated rings. The Labute approximate surface area is 169 Å². The van der Waals surface area contributed by atoms with E-state index < -0.39 is 0 Å². The van der Waals surface area contributed by atoms with Crippen molar-refractivity contribution in [1.82, 2.24) is 20.4 Å². The Hall–Kier alpha value is -2.50. The number of aryl methyl sites for hydroxylation is 3. The van der Waals surface area contributed by atoms with Crippen LogP contribution in [0.15, 0.2) is 29.3 Å².